The van der Waals surface area contributed by atoms with Crippen molar-refractivity contribution in [1.29, 1.82) is 0 Å². The summed E-state index contributed by atoms with van der Waals surface area (Å²) < 4.78 is 5.47. The standard InChI is InChI=1S/C26H31N3O5/c1-4-26(2,3)34-25(33)29-21(15-18-16-27-20-13-9-8-12-19(18)20)23(30)28-22(24(31)32)14-17-10-6-5-7-11-17/h5-13,16,21-22,27H,4,14-15H2,1-3H3,(H,28,30)(H,29,33)(H,31,32)/t21-,22-/m0/s1. The van der Waals surface area contributed by atoms with Crippen LogP contribution in [0.5, 0.6) is 0 Å². The van der Waals surface area contributed by atoms with Crippen LogP contribution >= 0.6 is 0 Å². The van der Waals surface area contributed by atoms with Crippen molar-refractivity contribution in [2.75, 3.05) is 0 Å². The lowest BCUT2D eigenvalue weighted by Crippen LogP contribution is -2.53. The van der Waals surface area contributed by atoms with Crippen LogP contribution in [0.25, 0.3) is 10.9 Å². The Balaban J connectivity index is 1.81. The molecule has 0 saturated heterocycles. The van der Waals surface area contributed by atoms with Gasteiger partial charge >= 0.3 is 12.1 Å². The maximum Gasteiger partial charge on any atom is 0.408 e. The summed E-state index contributed by atoms with van der Waals surface area (Å²) >= 11 is 0. The molecule has 0 aliphatic rings. The molecule has 0 aliphatic heterocycles. The largest absolute Gasteiger partial charge is 0.480 e. The van der Waals surface area contributed by atoms with Crippen LogP contribution in [0.15, 0.2) is 60.8 Å². The molecule has 0 radical (unpaired) electrons. The van der Waals surface area contributed by atoms with E-state index in [-0.39, 0.29) is 12.8 Å². The second kappa shape index (κ2) is 10.9. The zero-order valence-electron chi connectivity index (χ0n) is 19.6. The Bertz CT molecular complexity index is 1140. The van der Waals surface area contributed by atoms with Gasteiger partial charge in [-0.2, -0.15) is 0 Å². The van der Waals surface area contributed by atoms with E-state index in [1.807, 2.05) is 49.4 Å². The Labute approximate surface area is 198 Å². The number of hydrogen-bond donors (Lipinski definition) is 4. The van der Waals surface area contributed by atoms with Crippen molar-refractivity contribution in [2.45, 2.75) is 57.7 Å². The number of para-hydroxylation sites is 1. The van der Waals surface area contributed by atoms with Crippen molar-refractivity contribution >= 4 is 28.9 Å². The molecule has 0 spiro atoms. The average molecular weight is 466 g/mol. The van der Waals surface area contributed by atoms with Gasteiger partial charge in [0, 0.05) is 29.9 Å². The fraction of sp³-hybridized carbons (Fsp3) is 0.346. The van der Waals surface area contributed by atoms with Crippen LogP contribution in [0.3, 0.4) is 0 Å². The summed E-state index contributed by atoms with van der Waals surface area (Å²) in [6.07, 6.45) is 1.93. The molecule has 0 aliphatic carbocycles. The quantitative estimate of drug-likeness (QED) is 0.363. The summed E-state index contributed by atoms with van der Waals surface area (Å²) in [7, 11) is 0. The smallest absolute Gasteiger partial charge is 0.408 e. The molecule has 0 saturated carbocycles. The number of fused-ring (bicyclic) bond motifs is 1. The van der Waals surface area contributed by atoms with Crippen LogP contribution in [0.2, 0.25) is 0 Å². The number of carbonyl (C=O) groups is 3. The maximum atomic E-state index is 13.2. The van der Waals surface area contributed by atoms with Crippen molar-refractivity contribution in [3.63, 3.8) is 0 Å². The van der Waals surface area contributed by atoms with Crippen LogP contribution in [-0.2, 0) is 27.2 Å². The van der Waals surface area contributed by atoms with Gasteiger partial charge in [-0.05, 0) is 37.5 Å². The van der Waals surface area contributed by atoms with Crippen LogP contribution in [0.4, 0.5) is 4.79 Å². The predicted octanol–water partition coefficient (Wildman–Crippen LogP) is 3.81. The van der Waals surface area contributed by atoms with Crippen LogP contribution < -0.4 is 10.6 Å². The zero-order valence-corrected chi connectivity index (χ0v) is 19.6. The van der Waals surface area contributed by atoms with Gasteiger partial charge in [-0.25, -0.2) is 9.59 Å². The molecular weight excluding hydrogens is 434 g/mol. The van der Waals surface area contributed by atoms with E-state index in [1.165, 1.54) is 0 Å². The van der Waals surface area contributed by atoms with Crippen LogP contribution in [0.1, 0.15) is 38.3 Å². The fourth-order valence-corrected chi connectivity index (χ4v) is 3.55. The lowest BCUT2D eigenvalue weighted by molar-refractivity contribution is -0.142. The fourth-order valence-electron chi connectivity index (χ4n) is 3.55. The number of ether oxygens (including phenoxy) is 1. The van der Waals surface area contributed by atoms with E-state index in [0.717, 1.165) is 22.0 Å². The van der Waals surface area contributed by atoms with Gasteiger partial charge in [0.15, 0.2) is 0 Å². The molecule has 34 heavy (non-hydrogen) atoms. The number of nitrogens with one attached hydrogen (secondary N) is 3. The molecule has 0 fully saturated rings. The lowest BCUT2D eigenvalue weighted by Gasteiger charge is -2.26. The van der Waals surface area contributed by atoms with Gasteiger partial charge in [0.05, 0.1) is 0 Å². The van der Waals surface area contributed by atoms with E-state index in [2.05, 4.69) is 15.6 Å². The lowest BCUT2D eigenvalue weighted by atomic mass is 10.0. The molecule has 0 bridgehead atoms. The number of amides is 2. The number of carboxylic acid groups (broad SMARTS) is 1. The summed E-state index contributed by atoms with van der Waals surface area (Å²) in [5, 5.41) is 15.8. The molecule has 2 amide bonds. The van der Waals surface area contributed by atoms with Gasteiger partial charge in [0.25, 0.3) is 0 Å². The topological polar surface area (TPSA) is 121 Å². The summed E-state index contributed by atoms with van der Waals surface area (Å²) in [6, 6.07) is 14.5. The molecule has 3 aromatic rings. The minimum absolute atomic E-state index is 0.120. The first-order valence-corrected chi connectivity index (χ1v) is 11.3. The maximum absolute atomic E-state index is 13.2. The third kappa shape index (κ3) is 6.60. The highest BCUT2D eigenvalue weighted by atomic mass is 16.6. The summed E-state index contributed by atoms with van der Waals surface area (Å²) in [5.74, 6) is -1.75. The highest BCUT2D eigenvalue weighted by Crippen LogP contribution is 2.20. The molecule has 2 aromatic carbocycles. The molecule has 2 atom stereocenters. The number of carbonyl (C=O) groups excluding carboxylic acids is 2. The molecule has 1 aromatic heterocycles. The van der Waals surface area contributed by atoms with Gasteiger partial charge in [-0.3, -0.25) is 4.79 Å². The van der Waals surface area contributed by atoms with Crippen molar-refractivity contribution in [1.82, 2.24) is 15.6 Å². The predicted molar refractivity (Wildman–Crippen MR) is 129 cm³/mol. The summed E-state index contributed by atoms with van der Waals surface area (Å²) in [4.78, 5) is 40.8. The number of alkyl carbamates (subject to hydrolysis) is 1. The Morgan fingerprint density at radius 3 is 2.32 bits per heavy atom. The van der Waals surface area contributed by atoms with Crippen molar-refractivity contribution < 1.29 is 24.2 Å². The van der Waals surface area contributed by atoms with E-state index >= 15 is 0 Å². The number of aromatic nitrogens is 1. The number of H-pyrrole nitrogens is 1. The number of aliphatic carboxylic acids is 1. The average Bonchev–Trinajstić information content (AvgIpc) is 3.21. The molecule has 4 N–H and O–H groups in total. The second-order valence-electron chi connectivity index (χ2n) is 8.85. The van der Waals surface area contributed by atoms with Gasteiger partial charge in [0.1, 0.15) is 17.7 Å². The SMILES string of the molecule is CCC(C)(C)OC(=O)N[C@@H](Cc1c[nH]c2ccccc12)C(=O)N[C@@H](Cc1ccccc1)C(=O)O. The van der Waals surface area contributed by atoms with Crippen LogP contribution in [0, 0.1) is 0 Å². The minimum atomic E-state index is -1.15. The molecule has 8 nitrogen and oxygen atoms in total. The molecular formula is C26H31N3O5. The van der Waals surface area contributed by atoms with Crippen molar-refractivity contribution in [2.24, 2.45) is 0 Å². The van der Waals surface area contributed by atoms with Gasteiger partial charge < -0.3 is 25.5 Å². The Morgan fingerprint density at radius 1 is 0.971 bits per heavy atom. The molecule has 180 valence electrons. The highest BCUT2D eigenvalue weighted by molar-refractivity contribution is 5.91. The highest BCUT2D eigenvalue weighted by Gasteiger charge is 2.30. The molecule has 0 unspecified atom stereocenters. The normalized spacial score (nSPS) is 13.1. The first-order chi connectivity index (χ1) is 16.2. The van der Waals surface area contributed by atoms with E-state index in [0.29, 0.717) is 6.42 Å². The van der Waals surface area contributed by atoms with Crippen molar-refractivity contribution in [3.8, 4) is 0 Å². The van der Waals surface area contributed by atoms with E-state index < -0.39 is 35.7 Å². The minimum Gasteiger partial charge on any atom is -0.480 e. The summed E-state index contributed by atoms with van der Waals surface area (Å²) in [5.41, 5.74) is 1.79. The number of aromatic amines is 1. The van der Waals surface area contributed by atoms with E-state index in [9.17, 15) is 19.5 Å². The molecule has 3 rings (SSSR count). The van der Waals surface area contributed by atoms with E-state index in [1.54, 1.807) is 32.2 Å². The van der Waals surface area contributed by atoms with Crippen molar-refractivity contribution in [3.05, 3.63) is 71.9 Å². The summed E-state index contributed by atoms with van der Waals surface area (Å²) in [6.45, 7) is 5.45. The zero-order chi connectivity index (χ0) is 24.7. The molecule has 8 heteroatoms. The second-order valence-corrected chi connectivity index (χ2v) is 8.85. The third-order valence-corrected chi connectivity index (χ3v) is 5.83. The first kappa shape index (κ1) is 24.8. The number of carboxylic acids is 1. The van der Waals surface area contributed by atoms with Crippen LogP contribution in [-0.4, -0.2) is 45.7 Å². The van der Waals surface area contributed by atoms with Gasteiger partial charge in [-0.15, -0.1) is 0 Å². The van der Waals surface area contributed by atoms with E-state index in [4.69, 9.17) is 4.74 Å². The molecule has 1 heterocycles. The Kier molecular flexibility index (Phi) is 7.94. The first-order valence-electron chi connectivity index (χ1n) is 11.3. The Morgan fingerprint density at radius 2 is 1.65 bits per heavy atom. The monoisotopic (exact) mass is 465 g/mol. The Hall–Kier alpha value is -3.81. The number of hydrogen-bond acceptors (Lipinski definition) is 4. The number of benzene rings is 2. The number of rotatable bonds is 10. The van der Waals surface area contributed by atoms with Gasteiger partial charge in [-0.1, -0.05) is 55.5 Å². The third-order valence-electron chi connectivity index (χ3n) is 5.83. The van der Waals surface area contributed by atoms with Gasteiger partial charge in [0.2, 0.25) is 5.91 Å².